The molecule has 216 valence electrons. The van der Waals surface area contributed by atoms with Crippen LogP contribution in [0.5, 0.6) is 5.75 Å². The predicted molar refractivity (Wildman–Crippen MR) is 139 cm³/mol. The van der Waals surface area contributed by atoms with Gasteiger partial charge in [0.15, 0.2) is 0 Å². The zero-order valence-corrected chi connectivity index (χ0v) is 22.7. The minimum atomic E-state index is -4.67. The molecule has 1 aliphatic rings. The molecule has 1 aromatic heterocycles. The van der Waals surface area contributed by atoms with Gasteiger partial charge >= 0.3 is 6.18 Å². The summed E-state index contributed by atoms with van der Waals surface area (Å²) in [6, 6.07) is 5.81. The highest BCUT2D eigenvalue weighted by atomic mass is 35.5. The van der Waals surface area contributed by atoms with E-state index >= 15 is 0 Å². The average Bonchev–Trinajstić information content (AvgIpc) is 3.15. The SMILES string of the molecule is Cn1c(Cc2c(Cl)ccc(CNC(=O)C3CCC3)c2Cl)nc2cc(C(=O)NCC(F)(F)F)c(OCC(F)F)cc21. The van der Waals surface area contributed by atoms with Gasteiger partial charge in [-0.25, -0.2) is 13.8 Å². The van der Waals surface area contributed by atoms with E-state index in [1.807, 2.05) is 0 Å². The number of imidazole rings is 1. The highest BCUT2D eigenvalue weighted by molar-refractivity contribution is 6.36. The number of aryl methyl sites for hydroxylation is 1. The van der Waals surface area contributed by atoms with Gasteiger partial charge in [0.1, 0.15) is 24.7 Å². The molecule has 1 aliphatic carbocycles. The maximum absolute atomic E-state index is 12.8. The molecular formula is C26H25Cl2F5N4O3. The fourth-order valence-corrected chi connectivity index (χ4v) is 4.82. The fraction of sp³-hybridized carbons (Fsp3) is 0.423. The van der Waals surface area contributed by atoms with Gasteiger partial charge in [-0.2, -0.15) is 13.2 Å². The molecule has 1 heterocycles. The molecule has 0 unspecified atom stereocenters. The Balaban J connectivity index is 1.63. The lowest BCUT2D eigenvalue weighted by Gasteiger charge is -2.24. The molecule has 1 fully saturated rings. The number of benzene rings is 2. The van der Waals surface area contributed by atoms with Crippen molar-refractivity contribution in [1.29, 1.82) is 0 Å². The van der Waals surface area contributed by atoms with E-state index in [0.717, 1.165) is 19.3 Å². The molecular weight excluding hydrogens is 582 g/mol. The Labute approximate surface area is 236 Å². The molecule has 2 N–H and O–H groups in total. The van der Waals surface area contributed by atoms with E-state index in [1.165, 1.54) is 12.1 Å². The summed E-state index contributed by atoms with van der Waals surface area (Å²) in [6.07, 6.45) is -4.68. The lowest BCUT2D eigenvalue weighted by molar-refractivity contribution is -0.127. The van der Waals surface area contributed by atoms with E-state index in [2.05, 4.69) is 10.3 Å². The van der Waals surface area contributed by atoms with Crippen molar-refractivity contribution >= 4 is 46.0 Å². The van der Waals surface area contributed by atoms with Crippen LogP contribution in [0.2, 0.25) is 10.0 Å². The zero-order chi connectivity index (χ0) is 29.2. The van der Waals surface area contributed by atoms with Crippen LogP contribution in [-0.4, -0.2) is 47.1 Å². The second-order valence-corrected chi connectivity index (χ2v) is 10.2. The van der Waals surface area contributed by atoms with Crippen molar-refractivity contribution in [2.45, 2.75) is 44.8 Å². The Morgan fingerprint density at radius 3 is 2.52 bits per heavy atom. The number of hydrogen-bond acceptors (Lipinski definition) is 4. The number of amides is 2. The second kappa shape index (κ2) is 12.2. The number of nitrogens with zero attached hydrogens (tertiary/aromatic N) is 2. The van der Waals surface area contributed by atoms with Gasteiger partial charge in [-0.3, -0.25) is 9.59 Å². The van der Waals surface area contributed by atoms with Gasteiger partial charge in [-0.05, 0) is 36.1 Å². The molecule has 1 saturated carbocycles. The summed E-state index contributed by atoms with van der Waals surface area (Å²) in [6.45, 7) is -2.47. The molecule has 0 radical (unpaired) electrons. The summed E-state index contributed by atoms with van der Waals surface area (Å²) in [7, 11) is 1.63. The molecule has 40 heavy (non-hydrogen) atoms. The number of carbonyl (C=O) groups is 2. The average molecular weight is 607 g/mol. The van der Waals surface area contributed by atoms with Gasteiger partial charge in [-0.1, -0.05) is 35.7 Å². The number of nitrogens with one attached hydrogen (secondary N) is 2. The third-order valence-electron chi connectivity index (χ3n) is 6.66. The van der Waals surface area contributed by atoms with Crippen LogP contribution in [0.25, 0.3) is 11.0 Å². The Morgan fingerprint density at radius 2 is 1.90 bits per heavy atom. The van der Waals surface area contributed by atoms with E-state index in [4.69, 9.17) is 27.9 Å². The Morgan fingerprint density at radius 1 is 1.18 bits per heavy atom. The Kier molecular flexibility index (Phi) is 9.09. The van der Waals surface area contributed by atoms with Gasteiger partial charge in [-0.15, -0.1) is 0 Å². The first-order valence-corrected chi connectivity index (χ1v) is 13.1. The molecule has 14 heteroatoms. The third kappa shape index (κ3) is 6.95. The normalized spacial score (nSPS) is 13.9. The molecule has 2 amide bonds. The Hall–Kier alpha value is -3.12. The minimum absolute atomic E-state index is 0.0144. The van der Waals surface area contributed by atoms with Crippen LogP contribution in [0.3, 0.4) is 0 Å². The van der Waals surface area contributed by atoms with Crippen molar-refractivity contribution in [2.75, 3.05) is 13.2 Å². The van der Waals surface area contributed by atoms with Crippen LogP contribution in [0.4, 0.5) is 22.0 Å². The summed E-state index contributed by atoms with van der Waals surface area (Å²) in [5.74, 6) is -1.07. The molecule has 4 rings (SSSR count). The lowest BCUT2D eigenvalue weighted by atomic mass is 9.85. The summed E-state index contributed by atoms with van der Waals surface area (Å²) in [4.78, 5) is 29.2. The van der Waals surface area contributed by atoms with E-state index < -0.39 is 31.7 Å². The van der Waals surface area contributed by atoms with Crippen LogP contribution in [0.1, 0.15) is 46.6 Å². The van der Waals surface area contributed by atoms with Gasteiger partial charge < -0.3 is 19.9 Å². The number of rotatable bonds is 10. The van der Waals surface area contributed by atoms with E-state index in [9.17, 15) is 31.5 Å². The molecule has 7 nitrogen and oxygen atoms in total. The predicted octanol–water partition coefficient (Wildman–Crippen LogP) is 5.82. The number of halogens is 7. The number of carbonyl (C=O) groups excluding carboxylic acids is 2. The zero-order valence-electron chi connectivity index (χ0n) is 21.2. The number of hydrogen-bond donors (Lipinski definition) is 2. The van der Waals surface area contributed by atoms with Crippen LogP contribution in [-0.2, 0) is 24.8 Å². The molecule has 0 spiro atoms. The number of ether oxygens (including phenoxy) is 1. The van der Waals surface area contributed by atoms with Gasteiger partial charge in [0.05, 0.1) is 21.6 Å². The van der Waals surface area contributed by atoms with Crippen molar-refractivity contribution in [1.82, 2.24) is 20.2 Å². The van der Waals surface area contributed by atoms with Gasteiger partial charge in [0.2, 0.25) is 5.91 Å². The Bertz CT molecular complexity index is 1420. The van der Waals surface area contributed by atoms with Crippen molar-refractivity contribution in [3.05, 3.63) is 56.8 Å². The van der Waals surface area contributed by atoms with Crippen molar-refractivity contribution in [3.8, 4) is 5.75 Å². The topological polar surface area (TPSA) is 85.2 Å². The lowest BCUT2D eigenvalue weighted by Crippen LogP contribution is -2.34. The quantitative estimate of drug-likeness (QED) is 0.285. The minimum Gasteiger partial charge on any atom is -0.487 e. The highest BCUT2D eigenvalue weighted by Crippen LogP contribution is 2.33. The van der Waals surface area contributed by atoms with E-state index in [-0.39, 0.29) is 41.6 Å². The summed E-state index contributed by atoms with van der Waals surface area (Å²) in [5.41, 5.74) is 1.40. The molecule has 0 atom stereocenters. The summed E-state index contributed by atoms with van der Waals surface area (Å²) in [5, 5.41) is 5.28. The maximum atomic E-state index is 12.8. The maximum Gasteiger partial charge on any atom is 0.405 e. The number of aromatic nitrogens is 2. The van der Waals surface area contributed by atoms with Crippen LogP contribution in [0, 0.1) is 5.92 Å². The standard InChI is InChI=1S/C26H25Cl2F5N4O3/c1-37-19-9-20(40-11-21(29)30)16(25(39)35-12-26(31,32)33)7-18(19)36-22(37)8-15-17(27)6-5-14(23(15)28)10-34-24(38)13-3-2-4-13/h5-7,9,13,21H,2-4,8,10-12H2,1H3,(H,34,38)(H,35,39). The van der Waals surface area contributed by atoms with Crippen LogP contribution < -0.4 is 15.4 Å². The molecule has 2 aromatic carbocycles. The molecule has 0 aliphatic heterocycles. The number of fused-ring (bicyclic) bond motifs is 1. The van der Waals surface area contributed by atoms with Gasteiger partial charge in [0.25, 0.3) is 12.3 Å². The first kappa shape index (κ1) is 29.9. The first-order valence-electron chi connectivity index (χ1n) is 12.3. The van der Waals surface area contributed by atoms with Crippen LogP contribution in [0.15, 0.2) is 24.3 Å². The number of alkyl halides is 5. The van der Waals surface area contributed by atoms with Crippen LogP contribution >= 0.6 is 23.2 Å². The van der Waals surface area contributed by atoms with E-state index in [1.54, 1.807) is 29.1 Å². The first-order chi connectivity index (χ1) is 18.8. The highest BCUT2D eigenvalue weighted by Gasteiger charge is 2.29. The molecule has 0 saturated heterocycles. The van der Waals surface area contributed by atoms with E-state index in [0.29, 0.717) is 32.5 Å². The summed E-state index contributed by atoms with van der Waals surface area (Å²) < 4.78 is 70.2. The van der Waals surface area contributed by atoms with Crippen molar-refractivity contribution in [2.24, 2.45) is 13.0 Å². The van der Waals surface area contributed by atoms with Crippen molar-refractivity contribution in [3.63, 3.8) is 0 Å². The van der Waals surface area contributed by atoms with Crippen molar-refractivity contribution < 1.29 is 36.3 Å². The van der Waals surface area contributed by atoms with Gasteiger partial charge in [0, 0.05) is 37.0 Å². The monoisotopic (exact) mass is 606 g/mol. The second-order valence-electron chi connectivity index (χ2n) is 9.45. The largest absolute Gasteiger partial charge is 0.487 e. The third-order valence-corrected chi connectivity index (χ3v) is 7.49. The molecule has 3 aromatic rings. The summed E-state index contributed by atoms with van der Waals surface area (Å²) >= 11 is 13.1. The molecule has 0 bridgehead atoms. The smallest absolute Gasteiger partial charge is 0.405 e. The fourth-order valence-electron chi connectivity index (χ4n) is 4.25.